The zero-order chi connectivity index (χ0) is 15.5. The number of nitrogen functional groups attached to an aromatic ring is 1. The molecule has 0 saturated carbocycles. The average molecular weight is 323 g/mol. The number of nitrogens with two attached hydrogens (primary N) is 1. The van der Waals surface area contributed by atoms with Crippen molar-refractivity contribution >= 4 is 17.7 Å². The minimum atomic E-state index is -0.549. The lowest BCUT2D eigenvalue weighted by molar-refractivity contribution is -0.135. The van der Waals surface area contributed by atoms with Crippen molar-refractivity contribution < 1.29 is 13.9 Å². The van der Waals surface area contributed by atoms with Gasteiger partial charge in [-0.2, -0.15) is 0 Å². The maximum atomic E-state index is 13.8. The lowest BCUT2D eigenvalue weighted by atomic mass is 10.2. The summed E-state index contributed by atoms with van der Waals surface area (Å²) >= 11 is 1.23. The number of ether oxygens (including phenoxy) is 1. The van der Waals surface area contributed by atoms with Crippen molar-refractivity contribution in [3.63, 3.8) is 0 Å². The van der Waals surface area contributed by atoms with E-state index in [1.165, 1.54) is 22.5 Å². The van der Waals surface area contributed by atoms with Crippen LogP contribution in [-0.4, -0.2) is 45.8 Å². The summed E-state index contributed by atoms with van der Waals surface area (Å²) in [5.74, 6) is 5.93. The van der Waals surface area contributed by atoms with Crippen LogP contribution in [0.4, 0.5) is 4.39 Å². The van der Waals surface area contributed by atoms with Crippen molar-refractivity contribution in [2.45, 2.75) is 11.3 Å². The van der Waals surface area contributed by atoms with E-state index in [9.17, 15) is 9.18 Å². The van der Waals surface area contributed by atoms with Crippen molar-refractivity contribution in [3.05, 3.63) is 30.1 Å². The third-order valence-corrected chi connectivity index (χ3v) is 4.16. The molecular formula is C13H14FN5O2S. The number of thioether (sulfide) groups is 1. The van der Waals surface area contributed by atoms with E-state index in [1.54, 1.807) is 18.2 Å². The quantitative estimate of drug-likeness (QED) is 0.625. The van der Waals surface area contributed by atoms with Gasteiger partial charge in [-0.1, -0.05) is 23.9 Å². The molecule has 0 radical (unpaired) electrons. The summed E-state index contributed by atoms with van der Waals surface area (Å²) < 4.78 is 20.4. The number of benzene rings is 1. The van der Waals surface area contributed by atoms with E-state index >= 15 is 0 Å². The van der Waals surface area contributed by atoms with Gasteiger partial charge in [0.15, 0.2) is 5.82 Å². The van der Waals surface area contributed by atoms with Crippen LogP contribution in [0, 0.1) is 5.82 Å². The summed E-state index contributed by atoms with van der Waals surface area (Å²) in [5, 5.41) is 11.0. The summed E-state index contributed by atoms with van der Waals surface area (Å²) in [7, 11) is 0. The van der Waals surface area contributed by atoms with Gasteiger partial charge in [0, 0.05) is 12.3 Å². The zero-order valence-corrected chi connectivity index (χ0v) is 12.3. The highest BCUT2D eigenvalue weighted by Gasteiger charge is 2.24. The predicted molar refractivity (Wildman–Crippen MR) is 79.0 cm³/mol. The largest absolute Gasteiger partial charge is 0.366 e. The topological polar surface area (TPSA) is 95.1 Å². The number of nitrogens with zero attached hydrogens (tertiary/aromatic N) is 3. The van der Waals surface area contributed by atoms with Gasteiger partial charge < -0.3 is 15.9 Å². The zero-order valence-electron chi connectivity index (χ0n) is 11.5. The molecule has 1 aromatic carbocycles. The molecule has 1 fully saturated rings. The van der Waals surface area contributed by atoms with E-state index in [2.05, 4.69) is 15.5 Å². The maximum absolute atomic E-state index is 13.8. The summed E-state index contributed by atoms with van der Waals surface area (Å²) in [6, 6.07) is 6.19. The van der Waals surface area contributed by atoms with Gasteiger partial charge in [0.25, 0.3) is 0 Å². The number of amides is 1. The van der Waals surface area contributed by atoms with Gasteiger partial charge in [-0.3, -0.25) is 4.79 Å². The smallest absolute Gasteiger partial charge is 0.250 e. The van der Waals surface area contributed by atoms with Crippen LogP contribution in [0.2, 0.25) is 0 Å². The van der Waals surface area contributed by atoms with Crippen LogP contribution < -0.4 is 11.2 Å². The molecule has 1 aromatic heterocycles. The Bertz CT molecular complexity index is 693. The fraction of sp³-hybridized carbons (Fsp3) is 0.308. The van der Waals surface area contributed by atoms with Gasteiger partial charge in [-0.25, -0.2) is 9.07 Å². The number of carbonyl (C=O) groups is 1. The minimum Gasteiger partial charge on any atom is -0.366 e. The minimum absolute atomic E-state index is 0.156. The fourth-order valence-corrected chi connectivity index (χ4v) is 2.91. The number of aromatic nitrogens is 3. The van der Waals surface area contributed by atoms with Gasteiger partial charge in [0.05, 0.1) is 12.2 Å². The molecule has 7 nitrogen and oxygen atoms in total. The first-order valence-electron chi connectivity index (χ1n) is 6.64. The Balaban J connectivity index is 1.74. The molecule has 3 rings (SSSR count). The molecule has 0 bridgehead atoms. The summed E-state index contributed by atoms with van der Waals surface area (Å²) in [5.41, 5.74) is 0.274. The number of rotatable bonds is 4. The second-order valence-electron chi connectivity index (χ2n) is 4.62. The predicted octanol–water partition coefficient (Wildman–Crippen LogP) is 0.405. The van der Waals surface area contributed by atoms with Crippen molar-refractivity contribution in [1.29, 1.82) is 0 Å². The van der Waals surface area contributed by atoms with Crippen LogP contribution >= 0.6 is 11.8 Å². The molecule has 1 atom stereocenters. The number of hydrogen-bond acceptors (Lipinski definition) is 6. The van der Waals surface area contributed by atoms with Crippen LogP contribution in [0.1, 0.15) is 0 Å². The molecule has 22 heavy (non-hydrogen) atoms. The molecule has 0 spiro atoms. The van der Waals surface area contributed by atoms with E-state index in [1.807, 2.05) is 0 Å². The number of halogens is 1. The van der Waals surface area contributed by atoms with E-state index in [4.69, 9.17) is 10.6 Å². The molecule has 9 heteroatoms. The molecular weight excluding hydrogens is 309 g/mol. The van der Waals surface area contributed by atoms with Crippen molar-refractivity contribution in [2.75, 3.05) is 24.7 Å². The Kier molecular flexibility index (Phi) is 4.25. The van der Waals surface area contributed by atoms with Crippen molar-refractivity contribution in [3.8, 4) is 11.4 Å². The van der Waals surface area contributed by atoms with E-state index in [-0.39, 0.29) is 17.3 Å². The van der Waals surface area contributed by atoms with E-state index < -0.39 is 11.9 Å². The molecule has 1 saturated heterocycles. The first kappa shape index (κ1) is 14.8. The molecule has 2 heterocycles. The summed E-state index contributed by atoms with van der Waals surface area (Å²) in [6.45, 7) is 0.997. The Morgan fingerprint density at radius 2 is 2.27 bits per heavy atom. The van der Waals surface area contributed by atoms with Gasteiger partial charge in [0.2, 0.25) is 11.1 Å². The third kappa shape index (κ3) is 2.90. The number of morpholine rings is 1. The van der Waals surface area contributed by atoms with Gasteiger partial charge in [-0.05, 0) is 12.1 Å². The lowest BCUT2D eigenvalue weighted by Gasteiger charge is -2.21. The second-order valence-corrected chi connectivity index (χ2v) is 5.60. The van der Waals surface area contributed by atoms with Gasteiger partial charge in [-0.15, -0.1) is 10.2 Å². The van der Waals surface area contributed by atoms with Gasteiger partial charge in [0.1, 0.15) is 11.9 Å². The molecule has 1 unspecified atom stereocenters. The monoisotopic (exact) mass is 323 g/mol. The normalized spacial score (nSPS) is 18.2. The van der Waals surface area contributed by atoms with Crippen LogP contribution in [0.25, 0.3) is 11.4 Å². The standard InChI is InChI=1S/C13H14FN5O2S/c14-9-4-2-1-3-8(9)11-17-18-13(19(11)15)22-7-10-12(20)16-5-6-21-10/h1-4,10H,5-7,15H2,(H,16,20). The highest BCUT2D eigenvalue weighted by Crippen LogP contribution is 2.24. The highest BCUT2D eigenvalue weighted by atomic mass is 32.2. The molecule has 1 aliphatic rings. The summed E-state index contributed by atoms with van der Waals surface area (Å²) in [4.78, 5) is 11.6. The van der Waals surface area contributed by atoms with Crippen LogP contribution in [0.5, 0.6) is 0 Å². The number of nitrogens with one attached hydrogen (secondary N) is 1. The molecule has 2 aromatic rings. The average Bonchev–Trinajstić information content (AvgIpc) is 2.88. The number of carbonyl (C=O) groups excluding carboxylic acids is 1. The molecule has 1 amide bonds. The fourth-order valence-electron chi connectivity index (χ4n) is 2.04. The highest BCUT2D eigenvalue weighted by molar-refractivity contribution is 7.99. The second kappa shape index (κ2) is 6.32. The van der Waals surface area contributed by atoms with E-state index in [0.29, 0.717) is 24.1 Å². The Morgan fingerprint density at radius 1 is 1.45 bits per heavy atom. The van der Waals surface area contributed by atoms with Gasteiger partial charge >= 0.3 is 0 Å². The van der Waals surface area contributed by atoms with Crippen LogP contribution in [-0.2, 0) is 9.53 Å². The Hall–Kier alpha value is -2.13. The molecule has 0 aliphatic carbocycles. The molecule has 1 aliphatic heterocycles. The van der Waals surface area contributed by atoms with Crippen molar-refractivity contribution in [1.82, 2.24) is 20.2 Å². The van der Waals surface area contributed by atoms with Crippen LogP contribution in [0.3, 0.4) is 0 Å². The maximum Gasteiger partial charge on any atom is 0.250 e. The van der Waals surface area contributed by atoms with Crippen LogP contribution in [0.15, 0.2) is 29.4 Å². The number of hydrogen-bond donors (Lipinski definition) is 2. The summed E-state index contributed by atoms with van der Waals surface area (Å²) in [6.07, 6.45) is -0.549. The Morgan fingerprint density at radius 3 is 3.05 bits per heavy atom. The first-order chi connectivity index (χ1) is 10.7. The Labute approximate surface area is 130 Å². The SMILES string of the molecule is Nn1c(SCC2OCCNC2=O)nnc1-c1ccccc1F. The van der Waals surface area contributed by atoms with E-state index in [0.717, 1.165) is 0 Å². The molecule has 3 N–H and O–H groups in total. The van der Waals surface area contributed by atoms with Crippen molar-refractivity contribution in [2.24, 2.45) is 0 Å². The third-order valence-electron chi connectivity index (χ3n) is 3.16. The lowest BCUT2D eigenvalue weighted by Crippen LogP contribution is -2.45. The molecule has 116 valence electrons. The first-order valence-corrected chi connectivity index (χ1v) is 7.63.